The Morgan fingerprint density at radius 3 is 2.79 bits per heavy atom. The minimum atomic E-state index is -0.519. The van der Waals surface area contributed by atoms with E-state index in [9.17, 15) is 9.59 Å². The predicted octanol–water partition coefficient (Wildman–Crippen LogP) is 1.25. The molecule has 0 bridgehead atoms. The number of nitrogens with zero attached hydrogens (tertiary/aromatic N) is 2. The van der Waals surface area contributed by atoms with Gasteiger partial charge in [0.2, 0.25) is 0 Å². The van der Waals surface area contributed by atoms with E-state index in [1.165, 1.54) is 13.3 Å². The third-order valence-corrected chi connectivity index (χ3v) is 5.15. The van der Waals surface area contributed by atoms with Gasteiger partial charge in [-0.15, -0.1) is 0 Å². The summed E-state index contributed by atoms with van der Waals surface area (Å²) in [5, 5.41) is 18.4. The van der Waals surface area contributed by atoms with Gasteiger partial charge in [-0.1, -0.05) is 12.1 Å². The fourth-order valence-corrected chi connectivity index (χ4v) is 3.69. The van der Waals surface area contributed by atoms with Gasteiger partial charge in [0, 0.05) is 12.0 Å². The summed E-state index contributed by atoms with van der Waals surface area (Å²) in [6, 6.07) is 8.50. The summed E-state index contributed by atoms with van der Waals surface area (Å²) in [6.45, 7) is 1.76. The number of H-pyrrole nitrogens is 1. The van der Waals surface area contributed by atoms with Crippen LogP contribution in [0.1, 0.15) is 40.4 Å². The number of rotatable bonds is 4. The number of aromatic nitrogens is 3. The first kappa shape index (κ1) is 18.9. The summed E-state index contributed by atoms with van der Waals surface area (Å²) < 4.78 is 6.87. The Balaban J connectivity index is 1.65. The lowest BCUT2D eigenvalue weighted by Crippen LogP contribution is -2.31. The van der Waals surface area contributed by atoms with Gasteiger partial charge < -0.3 is 20.4 Å². The van der Waals surface area contributed by atoms with Gasteiger partial charge in [0.25, 0.3) is 11.5 Å². The molecule has 1 aliphatic rings. The molecule has 150 valence electrons. The number of aromatic amines is 1. The van der Waals surface area contributed by atoms with Crippen LogP contribution >= 0.6 is 0 Å². The van der Waals surface area contributed by atoms with E-state index in [1.54, 1.807) is 34.8 Å². The fraction of sp³-hybridized carbons (Fsp3) is 0.300. The number of fused-ring (bicyclic) bond motifs is 1. The molecule has 0 radical (unpaired) electrons. The molecule has 4 N–H and O–H groups in total. The quantitative estimate of drug-likeness (QED) is 0.392. The molecule has 0 unspecified atom stereocenters. The molecule has 9 heteroatoms. The van der Waals surface area contributed by atoms with E-state index in [1.807, 2.05) is 0 Å². The minimum Gasteiger partial charge on any atom is -0.496 e. The molecule has 29 heavy (non-hydrogen) atoms. The zero-order valence-electron chi connectivity index (χ0n) is 16.0. The molecule has 1 fully saturated rings. The number of amides is 1. The Morgan fingerprint density at radius 1 is 1.28 bits per heavy atom. The third kappa shape index (κ3) is 3.64. The number of methoxy groups -OCH3 is 1. The first-order valence-corrected chi connectivity index (χ1v) is 9.43. The molecule has 1 aliphatic heterocycles. The van der Waals surface area contributed by atoms with Crippen molar-refractivity contribution < 1.29 is 9.53 Å². The van der Waals surface area contributed by atoms with Gasteiger partial charge in [-0.3, -0.25) is 15.0 Å². The minimum absolute atomic E-state index is 0.0938. The van der Waals surface area contributed by atoms with Crippen molar-refractivity contribution >= 4 is 17.4 Å². The number of piperidine rings is 1. The van der Waals surface area contributed by atoms with E-state index in [4.69, 9.17) is 10.1 Å². The second kappa shape index (κ2) is 7.88. The monoisotopic (exact) mass is 394 g/mol. The molecule has 9 nitrogen and oxygen atoms in total. The zero-order chi connectivity index (χ0) is 20.4. The molecule has 1 amide bonds. The molecule has 3 heterocycles. The highest BCUT2D eigenvalue weighted by Crippen LogP contribution is 2.25. The lowest BCUT2D eigenvalue weighted by Gasteiger charge is -2.23. The van der Waals surface area contributed by atoms with Crippen LogP contribution in [0.2, 0.25) is 0 Å². The normalized spacial score (nSPS) is 14.7. The summed E-state index contributed by atoms with van der Waals surface area (Å²) in [6.07, 6.45) is 3.22. The lowest BCUT2D eigenvalue weighted by molar-refractivity contribution is 0.0978. The SMILES string of the molecule is COc1ccccc1C(=N)NC(=O)c1cnn2c(C3CCNCC3)cc(=O)[nH]c12. The van der Waals surface area contributed by atoms with Crippen molar-refractivity contribution in [3.63, 3.8) is 0 Å². The number of amidine groups is 1. The zero-order valence-corrected chi connectivity index (χ0v) is 16.0. The van der Waals surface area contributed by atoms with Crippen LogP contribution in [0.15, 0.2) is 41.3 Å². The number of hydrogen-bond acceptors (Lipinski definition) is 6. The van der Waals surface area contributed by atoms with E-state index < -0.39 is 5.91 Å². The standard InChI is InChI=1S/C20H22N6O3/c1-29-16-5-3-2-4-13(16)18(21)25-20(28)14-11-23-26-15(10-17(27)24-19(14)26)12-6-8-22-9-7-12/h2-5,10-12,22H,6-9H2,1H3,(H,24,27)(H2,21,25,28). The number of para-hydroxylation sites is 1. The molecular weight excluding hydrogens is 372 g/mol. The molecule has 1 aromatic carbocycles. The van der Waals surface area contributed by atoms with E-state index in [2.05, 4.69) is 20.7 Å². The summed E-state index contributed by atoms with van der Waals surface area (Å²) in [7, 11) is 1.51. The van der Waals surface area contributed by atoms with Crippen molar-refractivity contribution in [1.29, 1.82) is 5.41 Å². The summed E-state index contributed by atoms with van der Waals surface area (Å²) in [5.74, 6) is 0.0701. The van der Waals surface area contributed by atoms with E-state index in [0.717, 1.165) is 31.6 Å². The Hall–Kier alpha value is -3.46. The average Bonchev–Trinajstić information content (AvgIpc) is 3.17. The first-order chi connectivity index (χ1) is 14.1. The Kier molecular flexibility index (Phi) is 5.13. The van der Waals surface area contributed by atoms with Crippen molar-refractivity contribution in [2.75, 3.05) is 20.2 Å². The number of carbonyl (C=O) groups is 1. The number of nitrogens with one attached hydrogen (secondary N) is 4. The number of ether oxygens (including phenoxy) is 1. The van der Waals surface area contributed by atoms with E-state index in [-0.39, 0.29) is 22.9 Å². The number of hydrogen-bond donors (Lipinski definition) is 4. The van der Waals surface area contributed by atoms with Crippen LogP contribution in [0.25, 0.3) is 5.65 Å². The highest BCUT2D eigenvalue weighted by molar-refractivity contribution is 6.14. The first-order valence-electron chi connectivity index (χ1n) is 9.43. The van der Waals surface area contributed by atoms with Crippen LogP contribution in [0.5, 0.6) is 5.75 Å². The lowest BCUT2D eigenvalue weighted by atomic mass is 9.94. The Morgan fingerprint density at radius 2 is 2.03 bits per heavy atom. The van der Waals surface area contributed by atoms with E-state index >= 15 is 0 Å². The maximum atomic E-state index is 12.8. The van der Waals surface area contributed by atoms with Gasteiger partial charge in [-0.25, -0.2) is 4.52 Å². The maximum Gasteiger partial charge on any atom is 0.262 e. The van der Waals surface area contributed by atoms with Crippen LogP contribution in [0.3, 0.4) is 0 Å². The molecular formula is C20H22N6O3. The highest BCUT2D eigenvalue weighted by Gasteiger charge is 2.23. The van der Waals surface area contributed by atoms with Crippen molar-refractivity contribution in [3.05, 3.63) is 63.7 Å². The highest BCUT2D eigenvalue weighted by atomic mass is 16.5. The third-order valence-electron chi connectivity index (χ3n) is 5.15. The molecule has 4 rings (SSSR count). The molecule has 0 saturated carbocycles. The smallest absolute Gasteiger partial charge is 0.262 e. The largest absolute Gasteiger partial charge is 0.496 e. The van der Waals surface area contributed by atoms with Crippen molar-refractivity contribution in [2.24, 2.45) is 0 Å². The second-order valence-corrected chi connectivity index (χ2v) is 6.93. The van der Waals surface area contributed by atoms with Gasteiger partial charge in [-0.2, -0.15) is 5.10 Å². The van der Waals surface area contributed by atoms with Crippen LogP contribution < -0.4 is 20.9 Å². The second-order valence-electron chi connectivity index (χ2n) is 6.93. The van der Waals surface area contributed by atoms with Crippen molar-refractivity contribution in [1.82, 2.24) is 25.2 Å². The molecule has 0 aliphatic carbocycles. The predicted molar refractivity (Wildman–Crippen MR) is 108 cm³/mol. The van der Waals surface area contributed by atoms with Gasteiger partial charge >= 0.3 is 0 Å². The topological polar surface area (TPSA) is 124 Å². The summed E-state index contributed by atoms with van der Waals surface area (Å²) in [5.41, 5.74) is 1.52. The van der Waals surface area contributed by atoms with E-state index in [0.29, 0.717) is 17.0 Å². The molecule has 2 aromatic heterocycles. The number of carbonyl (C=O) groups excluding carboxylic acids is 1. The molecule has 0 spiro atoms. The van der Waals surface area contributed by atoms with Crippen LogP contribution in [0, 0.1) is 5.41 Å². The van der Waals surface area contributed by atoms with Crippen LogP contribution in [0.4, 0.5) is 0 Å². The molecule has 3 aromatic rings. The van der Waals surface area contributed by atoms with Gasteiger partial charge in [-0.05, 0) is 38.1 Å². The molecule has 0 atom stereocenters. The van der Waals surface area contributed by atoms with Gasteiger partial charge in [0.1, 0.15) is 22.8 Å². The summed E-state index contributed by atoms with van der Waals surface area (Å²) in [4.78, 5) is 27.8. The Labute approximate surface area is 166 Å². The average molecular weight is 394 g/mol. The van der Waals surface area contributed by atoms with Gasteiger partial charge in [0.15, 0.2) is 0 Å². The number of benzene rings is 1. The van der Waals surface area contributed by atoms with Crippen LogP contribution in [-0.2, 0) is 0 Å². The Bertz CT molecular complexity index is 1130. The fourth-order valence-electron chi connectivity index (χ4n) is 3.69. The van der Waals surface area contributed by atoms with Crippen molar-refractivity contribution in [3.8, 4) is 5.75 Å². The van der Waals surface area contributed by atoms with Gasteiger partial charge in [0.05, 0.1) is 24.6 Å². The molecule has 1 saturated heterocycles. The summed E-state index contributed by atoms with van der Waals surface area (Å²) >= 11 is 0. The maximum absolute atomic E-state index is 12.8. The van der Waals surface area contributed by atoms with Crippen LogP contribution in [-0.4, -0.2) is 46.5 Å². The van der Waals surface area contributed by atoms with Crippen molar-refractivity contribution in [2.45, 2.75) is 18.8 Å².